The van der Waals surface area contributed by atoms with Gasteiger partial charge in [0.25, 0.3) is 0 Å². The number of hydrogen-bond donors (Lipinski definition) is 1. The summed E-state index contributed by atoms with van der Waals surface area (Å²) in [5, 5.41) is 3.45. The molecule has 2 aliphatic heterocycles. The molecule has 1 aromatic rings. The van der Waals surface area contributed by atoms with Gasteiger partial charge in [0.2, 0.25) is 11.8 Å². The first kappa shape index (κ1) is 17.9. The lowest BCUT2D eigenvalue weighted by Crippen LogP contribution is -2.45. The zero-order valence-corrected chi connectivity index (χ0v) is 15.2. The second-order valence-corrected chi connectivity index (χ2v) is 7.48. The molecule has 2 fully saturated rings. The Bertz CT molecular complexity index is 586. The van der Waals surface area contributed by atoms with E-state index in [1.807, 2.05) is 35.2 Å². The van der Waals surface area contributed by atoms with E-state index in [1.165, 1.54) is 6.42 Å². The summed E-state index contributed by atoms with van der Waals surface area (Å²) in [6.07, 6.45) is 3.86. The number of rotatable bonds is 5. The molecule has 0 saturated carbocycles. The standard InChI is InChI=1S/C20H29N3O2/c1-17(24)23(15-18-5-3-2-4-6-18)12-7-19(25)22-13-9-20(10-14-22)8-11-21-16-20/h2-6,21H,7-16H2,1H3. The van der Waals surface area contributed by atoms with E-state index in [-0.39, 0.29) is 11.8 Å². The molecule has 0 bridgehead atoms. The van der Waals surface area contributed by atoms with Crippen LogP contribution in [0, 0.1) is 5.41 Å². The highest BCUT2D eigenvalue weighted by molar-refractivity contribution is 5.78. The predicted molar refractivity (Wildman–Crippen MR) is 97.9 cm³/mol. The Hall–Kier alpha value is -1.88. The highest BCUT2D eigenvalue weighted by Gasteiger charge is 2.37. The van der Waals surface area contributed by atoms with Crippen molar-refractivity contribution in [3.05, 3.63) is 35.9 Å². The van der Waals surface area contributed by atoms with E-state index in [9.17, 15) is 9.59 Å². The lowest BCUT2D eigenvalue weighted by atomic mass is 9.78. The van der Waals surface area contributed by atoms with Crippen molar-refractivity contribution >= 4 is 11.8 Å². The van der Waals surface area contributed by atoms with E-state index in [4.69, 9.17) is 0 Å². The summed E-state index contributed by atoms with van der Waals surface area (Å²) in [4.78, 5) is 28.2. The van der Waals surface area contributed by atoms with Crippen LogP contribution in [0.1, 0.15) is 38.2 Å². The topological polar surface area (TPSA) is 52.7 Å². The van der Waals surface area contributed by atoms with E-state index in [1.54, 1.807) is 11.8 Å². The molecule has 5 nitrogen and oxygen atoms in total. The molecule has 25 heavy (non-hydrogen) atoms. The normalized spacial score (nSPS) is 19.2. The molecule has 0 aromatic heterocycles. The Morgan fingerprint density at radius 2 is 1.88 bits per heavy atom. The number of nitrogens with one attached hydrogen (secondary N) is 1. The zero-order valence-electron chi connectivity index (χ0n) is 15.2. The van der Waals surface area contributed by atoms with Crippen molar-refractivity contribution < 1.29 is 9.59 Å². The van der Waals surface area contributed by atoms with E-state index in [0.29, 0.717) is 24.9 Å². The lowest BCUT2D eigenvalue weighted by molar-refractivity contribution is -0.135. The second-order valence-electron chi connectivity index (χ2n) is 7.48. The van der Waals surface area contributed by atoms with Crippen LogP contribution in [0.15, 0.2) is 30.3 Å². The maximum absolute atomic E-state index is 12.6. The third-order valence-corrected chi connectivity index (χ3v) is 5.77. The molecule has 0 atom stereocenters. The van der Waals surface area contributed by atoms with Gasteiger partial charge in [-0.1, -0.05) is 30.3 Å². The van der Waals surface area contributed by atoms with E-state index in [0.717, 1.165) is 44.6 Å². The van der Waals surface area contributed by atoms with Crippen LogP contribution in [0.4, 0.5) is 0 Å². The van der Waals surface area contributed by atoms with Gasteiger partial charge in [-0.05, 0) is 36.8 Å². The van der Waals surface area contributed by atoms with E-state index >= 15 is 0 Å². The number of likely N-dealkylation sites (tertiary alicyclic amines) is 1. The molecule has 1 aromatic carbocycles. The fraction of sp³-hybridized carbons (Fsp3) is 0.600. The number of amides is 2. The molecular weight excluding hydrogens is 314 g/mol. The maximum Gasteiger partial charge on any atom is 0.224 e. The van der Waals surface area contributed by atoms with Gasteiger partial charge in [-0.2, -0.15) is 0 Å². The molecule has 0 unspecified atom stereocenters. The molecule has 5 heteroatoms. The van der Waals surface area contributed by atoms with E-state index < -0.39 is 0 Å². The Labute approximate surface area is 150 Å². The maximum atomic E-state index is 12.6. The Morgan fingerprint density at radius 1 is 1.16 bits per heavy atom. The van der Waals surface area contributed by atoms with Crippen LogP contribution in [0.5, 0.6) is 0 Å². The van der Waals surface area contributed by atoms with Gasteiger partial charge in [0.1, 0.15) is 0 Å². The van der Waals surface area contributed by atoms with Gasteiger partial charge in [0, 0.05) is 46.1 Å². The largest absolute Gasteiger partial charge is 0.343 e. The minimum absolute atomic E-state index is 0.0197. The fourth-order valence-corrected chi connectivity index (χ4v) is 3.99. The van der Waals surface area contributed by atoms with Crippen molar-refractivity contribution in [3.63, 3.8) is 0 Å². The summed E-state index contributed by atoms with van der Waals surface area (Å²) in [6, 6.07) is 9.93. The van der Waals surface area contributed by atoms with Crippen LogP contribution in [-0.4, -0.2) is 54.3 Å². The average molecular weight is 343 g/mol. The molecule has 3 rings (SSSR count). The highest BCUT2D eigenvalue weighted by atomic mass is 16.2. The first-order valence-corrected chi connectivity index (χ1v) is 9.36. The number of carbonyl (C=O) groups excluding carboxylic acids is 2. The monoisotopic (exact) mass is 343 g/mol. The smallest absolute Gasteiger partial charge is 0.224 e. The van der Waals surface area contributed by atoms with Gasteiger partial charge in [-0.3, -0.25) is 9.59 Å². The summed E-state index contributed by atoms with van der Waals surface area (Å²) in [7, 11) is 0. The number of nitrogens with zero attached hydrogens (tertiary/aromatic N) is 2. The Morgan fingerprint density at radius 3 is 2.48 bits per heavy atom. The predicted octanol–water partition coefficient (Wildman–Crippen LogP) is 2.03. The molecule has 2 amide bonds. The van der Waals surface area contributed by atoms with Crippen molar-refractivity contribution in [2.24, 2.45) is 5.41 Å². The molecular formula is C20H29N3O2. The SMILES string of the molecule is CC(=O)N(CCC(=O)N1CCC2(CCNC2)CC1)Cc1ccccc1. The van der Waals surface area contributed by atoms with Gasteiger partial charge in [-0.25, -0.2) is 0 Å². The Kier molecular flexibility index (Phi) is 5.74. The average Bonchev–Trinajstić information content (AvgIpc) is 3.07. The highest BCUT2D eigenvalue weighted by Crippen LogP contribution is 2.36. The van der Waals surface area contributed by atoms with E-state index in [2.05, 4.69) is 5.32 Å². The molecule has 0 aliphatic carbocycles. The summed E-state index contributed by atoms with van der Waals surface area (Å²) < 4.78 is 0. The number of piperidine rings is 1. The molecule has 0 radical (unpaired) electrons. The molecule has 1 spiro atoms. The first-order chi connectivity index (χ1) is 12.1. The quantitative estimate of drug-likeness (QED) is 0.890. The summed E-state index contributed by atoms with van der Waals surface area (Å²) in [5.41, 5.74) is 1.52. The minimum atomic E-state index is 0.0197. The lowest BCUT2D eigenvalue weighted by Gasteiger charge is -2.39. The molecule has 136 valence electrons. The van der Waals surface area contributed by atoms with Crippen LogP contribution < -0.4 is 5.32 Å². The number of carbonyl (C=O) groups is 2. The van der Waals surface area contributed by atoms with Gasteiger partial charge >= 0.3 is 0 Å². The summed E-state index contributed by atoms with van der Waals surface area (Å²) in [6.45, 7) is 6.57. The van der Waals surface area contributed by atoms with Crippen LogP contribution in [0.25, 0.3) is 0 Å². The van der Waals surface area contributed by atoms with Gasteiger partial charge < -0.3 is 15.1 Å². The van der Waals surface area contributed by atoms with Crippen LogP contribution >= 0.6 is 0 Å². The van der Waals surface area contributed by atoms with Crippen molar-refractivity contribution in [2.75, 3.05) is 32.7 Å². The van der Waals surface area contributed by atoms with Crippen LogP contribution in [-0.2, 0) is 16.1 Å². The number of benzene rings is 1. The van der Waals surface area contributed by atoms with Crippen molar-refractivity contribution in [1.29, 1.82) is 0 Å². The van der Waals surface area contributed by atoms with Gasteiger partial charge in [0.05, 0.1) is 0 Å². The third-order valence-electron chi connectivity index (χ3n) is 5.77. The minimum Gasteiger partial charge on any atom is -0.343 e. The van der Waals surface area contributed by atoms with Gasteiger partial charge in [-0.15, -0.1) is 0 Å². The van der Waals surface area contributed by atoms with Crippen LogP contribution in [0.2, 0.25) is 0 Å². The number of hydrogen-bond acceptors (Lipinski definition) is 3. The fourth-order valence-electron chi connectivity index (χ4n) is 3.99. The van der Waals surface area contributed by atoms with Crippen molar-refractivity contribution in [2.45, 2.75) is 39.2 Å². The van der Waals surface area contributed by atoms with Gasteiger partial charge in [0.15, 0.2) is 0 Å². The molecule has 2 heterocycles. The first-order valence-electron chi connectivity index (χ1n) is 9.36. The Balaban J connectivity index is 1.47. The van der Waals surface area contributed by atoms with Crippen LogP contribution in [0.3, 0.4) is 0 Å². The second kappa shape index (κ2) is 8.00. The summed E-state index contributed by atoms with van der Waals surface area (Å²) in [5.74, 6) is 0.200. The van der Waals surface area contributed by atoms with Crippen molar-refractivity contribution in [1.82, 2.24) is 15.1 Å². The molecule has 1 N–H and O–H groups in total. The van der Waals surface area contributed by atoms with Crippen molar-refractivity contribution in [3.8, 4) is 0 Å². The molecule has 2 saturated heterocycles. The summed E-state index contributed by atoms with van der Waals surface area (Å²) >= 11 is 0. The third kappa shape index (κ3) is 4.60. The zero-order chi connectivity index (χ0) is 17.7. The molecule has 2 aliphatic rings.